The van der Waals surface area contributed by atoms with Gasteiger partial charge in [0.1, 0.15) is 5.82 Å². The number of hydrogen-bond acceptors (Lipinski definition) is 2. The molecule has 2 aromatic rings. The Morgan fingerprint density at radius 2 is 1.00 bits per heavy atom. The second-order valence-electron chi connectivity index (χ2n) is 4.02. The van der Waals surface area contributed by atoms with Crippen LogP contribution in [0.3, 0.4) is 0 Å². The molecule has 0 aliphatic rings. The predicted molar refractivity (Wildman–Crippen MR) is 60.1 cm³/mol. The molecule has 2 aromatic carbocycles. The Hall–Kier alpha value is -2.43. The molecule has 24 heavy (non-hydrogen) atoms. The van der Waals surface area contributed by atoms with E-state index in [9.17, 15) is 39.5 Å². The van der Waals surface area contributed by atoms with Crippen LogP contribution in [0.5, 0.6) is 5.75 Å². The molecule has 0 unspecified atom stereocenters. The lowest BCUT2D eigenvalue weighted by Gasteiger charge is -2.02. The molecule has 0 fully saturated rings. The highest BCUT2D eigenvalue weighted by atomic mass is 19.2. The lowest BCUT2D eigenvalue weighted by molar-refractivity contribution is 0.264. The van der Waals surface area contributed by atoms with Crippen LogP contribution in [0.25, 0.3) is 0 Å². The Balaban J connectivity index is 0.000000240. The van der Waals surface area contributed by atoms with Crippen molar-refractivity contribution >= 4 is 0 Å². The average Bonchev–Trinajstić information content (AvgIpc) is 2.55. The first kappa shape index (κ1) is 19.6. The summed E-state index contributed by atoms with van der Waals surface area (Å²) in [5.41, 5.74) is -0.867. The van der Waals surface area contributed by atoms with Gasteiger partial charge in [-0.25, -0.2) is 30.7 Å². The molecular formula is C13H5F9O2. The normalized spacial score (nSPS) is 10.4. The van der Waals surface area contributed by atoms with Crippen LogP contribution in [0.15, 0.2) is 6.07 Å². The molecule has 0 bridgehead atoms. The summed E-state index contributed by atoms with van der Waals surface area (Å²) in [7, 11) is 0. The van der Waals surface area contributed by atoms with E-state index in [4.69, 9.17) is 10.2 Å². The van der Waals surface area contributed by atoms with Crippen molar-refractivity contribution in [3.63, 3.8) is 0 Å². The molecule has 132 valence electrons. The van der Waals surface area contributed by atoms with Crippen LogP contribution in [-0.4, -0.2) is 10.2 Å². The molecule has 0 saturated heterocycles. The second kappa shape index (κ2) is 7.43. The standard InChI is InChI=1S/C7H4F4O.C6HF5O/c8-4-1-5(9)7(11)6(10)3(4)2-12;7-1-2(8)4(10)6(12)5(11)3(1)9/h1,12H,2H2;12H. The van der Waals surface area contributed by atoms with Gasteiger partial charge < -0.3 is 10.2 Å². The fourth-order valence-electron chi connectivity index (χ4n) is 1.34. The largest absolute Gasteiger partial charge is 0.503 e. The molecule has 0 radical (unpaired) electrons. The van der Waals surface area contributed by atoms with E-state index in [1.54, 1.807) is 0 Å². The molecule has 2 N–H and O–H groups in total. The number of halogens is 9. The van der Waals surface area contributed by atoms with E-state index in [1.165, 1.54) is 0 Å². The van der Waals surface area contributed by atoms with Gasteiger partial charge in [-0.3, -0.25) is 0 Å². The fraction of sp³-hybridized carbons (Fsp3) is 0.0769. The Kier molecular flexibility index (Phi) is 6.07. The number of phenols is 1. The van der Waals surface area contributed by atoms with Crippen LogP contribution >= 0.6 is 0 Å². The topological polar surface area (TPSA) is 40.5 Å². The number of hydrogen-bond donors (Lipinski definition) is 2. The Bertz CT molecular complexity index is 672. The van der Waals surface area contributed by atoms with Gasteiger partial charge in [0.25, 0.3) is 0 Å². The van der Waals surface area contributed by atoms with Gasteiger partial charge in [0, 0.05) is 6.07 Å². The zero-order valence-electron chi connectivity index (χ0n) is 11.1. The zero-order chi connectivity index (χ0) is 18.8. The third-order valence-electron chi connectivity index (χ3n) is 2.55. The summed E-state index contributed by atoms with van der Waals surface area (Å²) in [5, 5.41) is 16.6. The first-order valence-electron chi connectivity index (χ1n) is 5.67. The molecule has 2 nitrogen and oxygen atoms in total. The van der Waals surface area contributed by atoms with Crippen molar-refractivity contribution < 1.29 is 49.7 Å². The van der Waals surface area contributed by atoms with Crippen molar-refractivity contribution in [3.8, 4) is 5.75 Å². The third-order valence-corrected chi connectivity index (χ3v) is 2.55. The van der Waals surface area contributed by atoms with E-state index >= 15 is 0 Å². The second-order valence-corrected chi connectivity index (χ2v) is 4.02. The smallest absolute Gasteiger partial charge is 0.206 e. The maximum absolute atomic E-state index is 12.5. The van der Waals surface area contributed by atoms with E-state index in [0.717, 1.165) is 0 Å². The average molecular weight is 364 g/mol. The van der Waals surface area contributed by atoms with E-state index < -0.39 is 70.3 Å². The molecule has 0 spiro atoms. The SMILES string of the molecule is OCc1c(F)cc(F)c(F)c1F.Oc1c(F)c(F)c(F)c(F)c1F. The van der Waals surface area contributed by atoms with E-state index in [-0.39, 0.29) is 6.07 Å². The Morgan fingerprint density at radius 1 is 0.583 bits per heavy atom. The number of aliphatic hydroxyl groups excluding tert-OH is 1. The van der Waals surface area contributed by atoms with Crippen molar-refractivity contribution in [2.75, 3.05) is 0 Å². The molecule has 0 amide bonds. The molecule has 0 aliphatic heterocycles. The van der Waals surface area contributed by atoms with E-state index in [2.05, 4.69) is 0 Å². The van der Waals surface area contributed by atoms with Gasteiger partial charge >= 0.3 is 0 Å². The molecule has 0 heterocycles. The zero-order valence-corrected chi connectivity index (χ0v) is 11.1. The quantitative estimate of drug-likeness (QED) is 0.459. The minimum Gasteiger partial charge on any atom is -0.503 e. The predicted octanol–water partition coefficient (Wildman–Crippen LogP) is 3.82. The first-order chi connectivity index (χ1) is 11.0. The summed E-state index contributed by atoms with van der Waals surface area (Å²) in [5.74, 6) is -19.3. The molecule has 0 aliphatic carbocycles. The van der Waals surface area contributed by atoms with E-state index in [1.807, 2.05) is 0 Å². The fourth-order valence-corrected chi connectivity index (χ4v) is 1.34. The van der Waals surface area contributed by atoms with Crippen LogP contribution in [0.1, 0.15) is 5.56 Å². The summed E-state index contributed by atoms with van der Waals surface area (Å²) in [6.45, 7) is -1.01. The van der Waals surface area contributed by atoms with Crippen molar-refractivity contribution in [3.05, 3.63) is 64.0 Å². The van der Waals surface area contributed by atoms with Crippen molar-refractivity contribution in [1.82, 2.24) is 0 Å². The highest BCUT2D eigenvalue weighted by Gasteiger charge is 2.25. The van der Waals surface area contributed by atoms with Crippen LogP contribution in [0.4, 0.5) is 39.5 Å². The van der Waals surface area contributed by atoms with Gasteiger partial charge in [0.2, 0.25) is 29.1 Å². The number of rotatable bonds is 1. The van der Waals surface area contributed by atoms with Crippen LogP contribution < -0.4 is 0 Å². The molecular weight excluding hydrogens is 359 g/mol. The van der Waals surface area contributed by atoms with Gasteiger partial charge in [-0.2, -0.15) is 8.78 Å². The first-order valence-corrected chi connectivity index (χ1v) is 5.67. The number of benzene rings is 2. The maximum atomic E-state index is 12.5. The number of aromatic hydroxyl groups is 1. The monoisotopic (exact) mass is 364 g/mol. The summed E-state index contributed by atoms with van der Waals surface area (Å²) in [4.78, 5) is 0. The van der Waals surface area contributed by atoms with Crippen molar-refractivity contribution in [2.45, 2.75) is 6.61 Å². The van der Waals surface area contributed by atoms with Gasteiger partial charge in [0.15, 0.2) is 23.2 Å². The lowest BCUT2D eigenvalue weighted by atomic mass is 10.2. The van der Waals surface area contributed by atoms with Gasteiger partial charge in [-0.05, 0) is 0 Å². The van der Waals surface area contributed by atoms with Crippen molar-refractivity contribution in [2.24, 2.45) is 0 Å². The summed E-state index contributed by atoms with van der Waals surface area (Å²) in [6.07, 6.45) is 0. The van der Waals surface area contributed by atoms with Gasteiger partial charge in [-0.1, -0.05) is 0 Å². The Labute approximate surface area is 127 Å². The van der Waals surface area contributed by atoms with Gasteiger partial charge in [0.05, 0.1) is 12.2 Å². The summed E-state index contributed by atoms with van der Waals surface area (Å²) < 4.78 is 110. The van der Waals surface area contributed by atoms with Crippen LogP contribution in [0.2, 0.25) is 0 Å². The molecule has 0 aromatic heterocycles. The summed E-state index contributed by atoms with van der Waals surface area (Å²) in [6, 6.07) is 0.184. The minimum atomic E-state index is -2.29. The third kappa shape index (κ3) is 3.55. The summed E-state index contributed by atoms with van der Waals surface area (Å²) >= 11 is 0. The lowest BCUT2D eigenvalue weighted by Crippen LogP contribution is -2.01. The molecule has 0 saturated carbocycles. The minimum absolute atomic E-state index is 0.184. The number of phenolic OH excluding ortho intramolecular Hbond substituents is 1. The highest BCUT2D eigenvalue weighted by molar-refractivity contribution is 5.28. The highest BCUT2D eigenvalue weighted by Crippen LogP contribution is 2.27. The van der Waals surface area contributed by atoms with E-state index in [0.29, 0.717) is 0 Å². The number of aliphatic hydroxyl groups is 1. The molecule has 2 rings (SSSR count). The van der Waals surface area contributed by atoms with Crippen LogP contribution in [-0.2, 0) is 6.61 Å². The molecule has 11 heteroatoms. The van der Waals surface area contributed by atoms with Crippen molar-refractivity contribution in [1.29, 1.82) is 0 Å². The van der Waals surface area contributed by atoms with Crippen LogP contribution in [0, 0.1) is 52.4 Å². The Morgan fingerprint density at radius 3 is 1.42 bits per heavy atom. The molecule has 0 atom stereocenters. The maximum Gasteiger partial charge on any atom is 0.206 e. The van der Waals surface area contributed by atoms with Gasteiger partial charge in [-0.15, -0.1) is 0 Å².